The van der Waals surface area contributed by atoms with Crippen molar-refractivity contribution in [3.63, 3.8) is 0 Å². The summed E-state index contributed by atoms with van der Waals surface area (Å²) in [7, 11) is 0. The number of Topliss-reactive ketones (excluding diaryl/α,β-unsaturated/α-hetero) is 1. The van der Waals surface area contributed by atoms with E-state index in [0.29, 0.717) is 21.9 Å². The predicted octanol–water partition coefficient (Wildman–Crippen LogP) is 3.09. The minimum absolute atomic E-state index is 0.200. The summed E-state index contributed by atoms with van der Waals surface area (Å²) in [4.78, 5) is 24.1. The van der Waals surface area contributed by atoms with Crippen LogP contribution in [0.4, 0.5) is 0 Å². The van der Waals surface area contributed by atoms with Gasteiger partial charge in [0.05, 0.1) is 6.04 Å². The molecule has 0 aliphatic rings. The zero-order valence-corrected chi connectivity index (χ0v) is 13.8. The molecule has 0 spiro atoms. The zero-order chi connectivity index (χ0) is 17.5. The summed E-state index contributed by atoms with van der Waals surface area (Å²) in [5.41, 5.74) is 1.15. The average molecular weight is 342 g/mol. The van der Waals surface area contributed by atoms with Gasteiger partial charge >= 0.3 is 0 Å². The van der Waals surface area contributed by atoms with Crippen LogP contribution in [0, 0.1) is 12.3 Å². The van der Waals surface area contributed by atoms with Crippen LogP contribution in [0.5, 0.6) is 5.75 Å². The number of hydrogen-bond donors (Lipinski definition) is 1. The van der Waals surface area contributed by atoms with E-state index in [-0.39, 0.29) is 12.4 Å². The maximum atomic E-state index is 12.2. The molecule has 0 aliphatic heterocycles. The number of nitrogens with one attached hydrogen (secondary N) is 1. The molecule has 0 radical (unpaired) electrons. The van der Waals surface area contributed by atoms with Crippen molar-refractivity contribution in [2.45, 2.75) is 13.0 Å². The molecule has 2 rings (SSSR count). The first-order valence-corrected chi connectivity index (χ1v) is 7.66. The van der Waals surface area contributed by atoms with Crippen LogP contribution < -0.4 is 10.1 Å². The number of rotatable bonds is 6. The van der Waals surface area contributed by atoms with Crippen LogP contribution in [-0.4, -0.2) is 24.3 Å². The van der Waals surface area contributed by atoms with E-state index < -0.39 is 11.9 Å². The highest BCUT2D eigenvalue weighted by Gasteiger charge is 2.17. The quantitative estimate of drug-likeness (QED) is 0.649. The molecule has 0 saturated heterocycles. The third kappa shape index (κ3) is 4.87. The van der Waals surface area contributed by atoms with Crippen LogP contribution in [0.15, 0.2) is 48.5 Å². The molecule has 5 heteroatoms. The van der Waals surface area contributed by atoms with Crippen LogP contribution in [0.3, 0.4) is 0 Å². The van der Waals surface area contributed by atoms with Crippen molar-refractivity contribution in [1.29, 1.82) is 0 Å². The number of benzene rings is 2. The van der Waals surface area contributed by atoms with Gasteiger partial charge in [0.15, 0.2) is 12.4 Å². The number of terminal acetylenes is 1. The number of hydrogen-bond acceptors (Lipinski definition) is 3. The summed E-state index contributed by atoms with van der Waals surface area (Å²) in [6, 6.07) is 12.7. The van der Waals surface area contributed by atoms with Gasteiger partial charge in [-0.1, -0.05) is 23.6 Å². The number of amides is 1. The summed E-state index contributed by atoms with van der Waals surface area (Å²) < 4.78 is 5.38. The lowest BCUT2D eigenvalue weighted by Crippen LogP contribution is -2.41. The Morgan fingerprint density at radius 2 is 1.96 bits per heavy atom. The van der Waals surface area contributed by atoms with Gasteiger partial charge in [-0.25, -0.2) is 0 Å². The Morgan fingerprint density at radius 3 is 2.62 bits per heavy atom. The molecule has 1 atom stereocenters. The zero-order valence-electron chi connectivity index (χ0n) is 13.1. The van der Waals surface area contributed by atoms with E-state index in [0.717, 1.165) is 0 Å². The monoisotopic (exact) mass is 341 g/mol. The molecule has 0 fully saturated rings. The molecule has 0 aromatic heterocycles. The van der Waals surface area contributed by atoms with Crippen molar-refractivity contribution >= 4 is 23.3 Å². The van der Waals surface area contributed by atoms with E-state index in [4.69, 9.17) is 22.8 Å². The molecule has 0 bridgehead atoms. The van der Waals surface area contributed by atoms with Gasteiger partial charge in [0.1, 0.15) is 5.75 Å². The lowest BCUT2D eigenvalue weighted by atomic mass is 10.1. The van der Waals surface area contributed by atoms with Crippen LogP contribution in [-0.2, 0) is 4.79 Å². The molecule has 122 valence electrons. The Balaban J connectivity index is 1.88. The fourth-order valence-electron chi connectivity index (χ4n) is 2.04. The number of carbonyl (C=O) groups excluding carboxylic acids is 2. The second kappa shape index (κ2) is 8.19. The topological polar surface area (TPSA) is 55.4 Å². The van der Waals surface area contributed by atoms with Gasteiger partial charge in [0.25, 0.3) is 5.91 Å². The van der Waals surface area contributed by atoms with Gasteiger partial charge in [0.2, 0.25) is 0 Å². The maximum absolute atomic E-state index is 12.2. The van der Waals surface area contributed by atoms with E-state index in [1.165, 1.54) is 0 Å². The molecule has 2 aromatic rings. The normalized spacial score (nSPS) is 11.2. The number of ketones is 1. The Bertz CT molecular complexity index is 778. The van der Waals surface area contributed by atoms with Gasteiger partial charge in [-0.05, 0) is 49.4 Å². The van der Waals surface area contributed by atoms with Crippen molar-refractivity contribution in [1.82, 2.24) is 5.32 Å². The van der Waals surface area contributed by atoms with Gasteiger partial charge in [-0.15, -0.1) is 6.42 Å². The number of halogens is 1. The van der Waals surface area contributed by atoms with E-state index in [2.05, 4.69) is 11.2 Å². The Morgan fingerprint density at radius 1 is 1.25 bits per heavy atom. The standard InChI is InChI=1S/C19H16ClNO3/c1-3-14-5-4-6-17(11-14)24-12-18(22)21-13(2)19(23)15-7-9-16(20)10-8-15/h1,4-11,13H,12H2,2H3,(H,21,22). The van der Waals surface area contributed by atoms with Crippen molar-refractivity contribution in [3.8, 4) is 18.1 Å². The molecule has 0 saturated carbocycles. The van der Waals surface area contributed by atoms with E-state index >= 15 is 0 Å². The van der Waals surface area contributed by atoms with E-state index in [1.807, 2.05) is 0 Å². The molecule has 1 unspecified atom stereocenters. The average Bonchev–Trinajstić information content (AvgIpc) is 2.60. The van der Waals surface area contributed by atoms with Gasteiger partial charge in [-0.3, -0.25) is 9.59 Å². The first-order chi connectivity index (χ1) is 11.5. The van der Waals surface area contributed by atoms with E-state index in [1.54, 1.807) is 55.5 Å². The number of ether oxygens (including phenoxy) is 1. The van der Waals surface area contributed by atoms with Crippen LogP contribution in [0.2, 0.25) is 5.02 Å². The lowest BCUT2D eigenvalue weighted by Gasteiger charge is -2.13. The minimum Gasteiger partial charge on any atom is -0.484 e. The first-order valence-electron chi connectivity index (χ1n) is 7.28. The fourth-order valence-corrected chi connectivity index (χ4v) is 2.16. The molecule has 1 amide bonds. The van der Waals surface area contributed by atoms with Crippen LogP contribution in [0.25, 0.3) is 0 Å². The molecule has 0 aliphatic carbocycles. The number of carbonyl (C=O) groups is 2. The van der Waals surface area contributed by atoms with Gasteiger partial charge in [0, 0.05) is 16.1 Å². The smallest absolute Gasteiger partial charge is 0.258 e. The first kappa shape index (κ1) is 17.6. The molecule has 0 heterocycles. The van der Waals surface area contributed by atoms with Crippen LogP contribution in [0.1, 0.15) is 22.8 Å². The fraction of sp³-hybridized carbons (Fsp3) is 0.158. The van der Waals surface area contributed by atoms with Gasteiger partial charge < -0.3 is 10.1 Å². The Labute approximate surface area is 145 Å². The molecule has 24 heavy (non-hydrogen) atoms. The second-order valence-electron chi connectivity index (χ2n) is 5.12. The Hall–Kier alpha value is -2.77. The van der Waals surface area contributed by atoms with Crippen molar-refractivity contribution in [2.75, 3.05) is 6.61 Å². The highest BCUT2D eigenvalue weighted by molar-refractivity contribution is 6.30. The molecule has 1 N–H and O–H groups in total. The van der Waals surface area contributed by atoms with Crippen molar-refractivity contribution in [3.05, 3.63) is 64.7 Å². The SMILES string of the molecule is C#Cc1cccc(OCC(=O)NC(C)C(=O)c2ccc(Cl)cc2)c1. The van der Waals surface area contributed by atoms with E-state index in [9.17, 15) is 9.59 Å². The van der Waals surface area contributed by atoms with Gasteiger partial charge in [-0.2, -0.15) is 0 Å². The largest absolute Gasteiger partial charge is 0.484 e. The second-order valence-corrected chi connectivity index (χ2v) is 5.56. The predicted molar refractivity (Wildman–Crippen MR) is 93.3 cm³/mol. The summed E-state index contributed by atoms with van der Waals surface area (Å²) in [5.74, 6) is 2.39. The summed E-state index contributed by atoms with van der Waals surface area (Å²) in [6.07, 6.45) is 5.31. The molecule has 2 aromatic carbocycles. The lowest BCUT2D eigenvalue weighted by molar-refractivity contribution is -0.123. The summed E-state index contributed by atoms with van der Waals surface area (Å²) >= 11 is 5.79. The maximum Gasteiger partial charge on any atom is 0.258 e. The highest BCUT2D eigenvalue weighted by atomic mass is 35.5. The summed E-state index contributed by atoms with van der Waals surface area (Å²) in [6.45, 7) is 1.42. The Kier molecular flexibility index (Phi) is 6.00. The molecular weight excluding hydrogens is 326 g/mol. The van der Waals surface area contributed by atoms with Crippen molar-refractivity contribution < 1.29 is 14.3 Å². The third-order valence-corrected chi connectivity index (χ3v) is 3.52. The van der Waals surface area contributed by atoms with Crippen LogP contribution >= 0.6 is 11.6 Å². The third-order valence-electron chi connectivity index (χ3n) is 3.27. The summed E-state index contributed by atoms with van der Waals surface area (Å²) in [5, 5.41) is 3.15. The van der Waals surface area contributed by atoms with Crippen molar-refractivity contribution in [2.24, 2.45) is 0 Å². The molecular formula is C19H16ClNO3. The minimum atomic E-state index is -0.667. The molecule has 4 nitrogen and oxygen atoms in total. The highest BCUT2D eigenvalue weighted by Crippen LogP contribution is 2.13.